The van der Waals surface area contributed by atoms with Crippen molar-refractivity contribution in [3.63, 3.8) is 0 Å². The number of aromatic nitrogens is 1. The van der Waals surface area contributed by atoms with Gasteiger partial charge in [0.15, 0.2) is 0 Å². The average Bonchev–Trinajstić information content (AvgIpc) is 2.50. The predicted molar refractivity (Wildman–Crippen MR) is 82.3 cm³/mol. The summed E-state index contributed by atoms with van der Waals surface area (Å²) in [6.07, 6.45) is 4.89. The molecule has 21 heavy (non-hydrogen) atoms. The van der Waals surface area contributed by atoms with Crippen molar-refractivity contribution in [3.05, 3.63) is 48.8 Å². The molecule has 0 aliphatic heterocycles. The van der Waals surface area contributed by atoms with E-state index >= 15 is 0 Å². The van der Waals surface area contributed by atoms with Gasteiger partial charge >= 0.3 is 0 Å². The van der Waals surface area contributed by atoms with Gasteiger partial charge in [-0.25, -0.2) is 0 Å². The zero-order valence-electron chi connectivity index (χ0n) is 12.0. The molecular formula is C16H19N3O2. The molecule has 2 rings (SSSR count). The van der Waals surface area contributed by atoms with Crippen molar-refractivity contribution in [1.29, 1.82) is 0 Å². The molecule has 0 spiro atoms. The first-order chi connectivity index (χ1) is 10.2. The SMILES string of the molecule is CCCC(N)C(=O)Nc1ccc(Oc2ccncc2)cc1. The minimum Gasteiger partial charge on any atom is -0.457 e. The molecule has 1 amide bonds. The van der Waals surface area contributed by atoms with Crippen molar-refractivity contribution in [2.24, 2.45) is 5.73 Å². The Morgan fingerprint density at radius 3 is 2.43 bits per heavy atom. The summed E-state index contributed by atoms with van der Waals surface area (Å²) in [5.41, 5.74) is 6.47. The summed E-state index contributed by atoms with van der Waals surface area (Å²) in [5.74, 6) is 1.24. The molecule has 1 atom stereocenters. The molecule has 1 unspecified atom stereocenters. The maximum absolute atomic E-state index is 11.8. The molecule has 0 aliphatic carbocycles. The molecule has 3 N–H and O–H groups in total. The van der Waals surface area contributed by atoms with Crippen molar-refractivity contribution < 1.29 is 9.53 Å². The van der Waals surface area contributed by atoms with Gasteiger partial charge in [0.1, 0.15) is 11.5 Å². The molecule has 0 saturated heterocycles. The summed E-state index contributed by atoms with van der Waals surface area (Å²) in [4.78, 5) is 15.7. The van der Waals surface area contributed by atoms with E-state index in [1.807, 2.05) is 6.92 Å². The van der Waals surface area contributed by atoms with Gasteiger partial charge in [0.2, 0.25) is 5.91 Å². The number of nitrogens with two attached hydrogens (primary N) is 1. The zero-order chi connectivity index (χ0) is 15.1. The zero-order valence-corrected chi connectivity index (χ0v) is 12.0. The van der Waals surface area contributed by atoms with Crippen LogP contribution in [0.2, 0.25) is 0 Å². The number of nitrogens with zero attached hydrogens (tertiary/aromatic N) is 1. The van der Waals surface area contributed by atoms with Crippen molar-refractivity contribution in [2.45, 2.75) is 25.8 Å². The Labute approximate surface area is 124 Å². The largest absolute Gasteiger partial charge is 0.457 e. The monoisotopic (exact) mass is 285 g/mol. The van der Waals surface area contributed by atoms with Gasteiger partial charge in [0, 0.05) is 18.1 Å². The van der Waals surface area contributed by atoms with Crippen LogP contribution in [0.4, 0.5) is 5.69 Å². The van der Waals surface area contributed by atoms with E-state index < -0.39 is 6.04 Å². The van der Waals surface area contributed by atoms with Gasteiger partial charge in [0.25, 0.3) is 0 Å². The fourth-order valence-corrected chi connectivity index (χ4v) is 1.83. The number of ether oxygens (including phenoxy) is 1. The first kappa shape index (κ1) is 15.0. The lowest BCUT2D eigenvalue weighted by Crippen LogP contribution is -2.35. The van der Waals surface area contributed by atoms with Crippen LogP contribution in [0, 0.1) is 0 Å². The van der Waals surface area contributed by atoms with Crippen LogP contribution in [0.3, 0.4) is 0 Å². The maximum atomic E-state index is 11.8. The lowest BCUT2D eigenvalue weighted by molar-refractivity contribution is -0.117. The molecular weight excluding hydrogens is 266 g/mol. The summed E-state index contributed by atoms with van der Waals surface area (Å²) >= 11 is 0. The Hall–Kier alpha value is -2.40. The van der Waals surface area contributed by atoms with Gasteiger partial charge in [-0.15, -0.1) is 0 Å². The third-order valence-corrected chi connectivity index (χ3v) is 2.94. The van der Waals surface area contributed by atoms with Crippen molar-refractivity contribution in [2.75, 3.05) is 5.32 Å². The maximum Gasteiger partial charge on any atom is 0.241 e. The van der Waals surface area contributed by atoms with Crippen molar-refractivity contribution in [1.82, 2.24) is 4.98 Å². The number of anilines is 1. The third-order valence-electron chi connectivity index (χ3n) is 2.94. The van der Waals surface area contributed by atoms with E-state index in [1.54, 1.807) is 48.8 Å². The highest BCUT2D eigenvalue weighted by molar-refractivity contribution is 5.94. The smallest absolute Gasteiger partial charge is 0.241 e. The average molecular weight is 285 g/mol. The molecule has 1 heterocycles. The highest BCUT2D eigenvalue weighted by Gasteiger charge is 2.12. The number of benzene rings is 1. The van der Waals surface area contributed by atoms with Crippen LogP contribution in [0.15, 0.2) is 48.8 Å². The van der Waals surface area contributed by atoms with Crippen molar-refractivity contribution >= 4 is 11.6 Å². The summed E-state index contributed by atoms with van der Waals surface area (Å²) in [6.45, 7) is 2.00. The Bertz CT molecular complexity index is 570. The second kappa shape index (κ2) is 7.40. The van der Waals surface area contributed by atoms with Crippen LogP contribution in [-0.4, -0.2) is 16.9 Å². The number of carbonyl (C=O) groups excluding carboxylic acids is 1. The normalized spacial score (nSPS) is 11.7. The minimum atomic E-state index is -0.470. The predicted octanol–water partition coefficient (Wildman–Crippen LogP) is 2.94. The van der Waals surface area contributed by atoms with E-state index in [0.717, 1.165) is 6.42 Å². The van der Waals surface area contributed by atoms with Crippen LogP contribution in [0.25, 0.3) is 0 Å². The van der Waals surface area contributed by atoms with E-state index in [4.69, 9.17) is 10.5 Å². The van der Waals surface area contributed by atoms with Gasteiger partial charge in [-0.05, 0) is 42.8 Å². The Balaban J connectivity index is 1.94. The Morgan fingerprint density at radius 2 is 1.81 bits per heavy atom. The van der Waals surface area contributed by atoms with Gasteiger partial charge in [-0.1, -0.05) is 13.3 Å². The third kappa shape index (κ3) is 4.57. The molecule has 5 nitrogen and oxygen atoms in total. The standard InChI is InChI=1S/C16H19N3O2/c1-2-3-15(17)16(20)19-12-4-6-13(7-5-12)21-14-8-10-18-11-9-14/h4-11,15H,2-3,17H2,1H3,(H,19,20). The lowest BCUT2D eigenvalue weighted by Gasteiger charge is -2.11. The Morgan fingerprint density at radius 1 is 1.19 bits per heavy atom. The second-order valence-corrected chi connectivity index (χ2v) is 4.69. The molecule has 0 radical (unpaired) electrons. The highest BCUT2D eigenvalue weighted by atomic mass is 16.5. The van der Waals surface area contributed by atoms with Crippen LogP contribution in [0.1, 0.15) is 19.8 Å². The number of hydrogen-bond donors (Lipinski definition) is 2. The van der Waals surface area contributed by atoms with Gasteiger partial charge in [-0.2, -0.15) is 0 Å². The summed E-state index contributed by atoms with van der Waals surface area (Å²) in [5, 5.41) is 2.79. The highest BCUT2D eigenvalue weighted by Crippen LogP contribution is 2.22. The van der Waals surface area contributed by atoms with E-state index in [-0.39, 0.29) is 5.91 Å². The van der Waals surface area contributed by atoms with E-state index in [2.05, 4.69) is 10.3 Å². The van der Waals surface area contributed by atoms with E-state index in [9.17, 15) is 4.79 Å². The summed E-state index contributed by atoms with van der Waals surface area (Å²) in [7, 11) is 0. The van der Waals surface area contributed by atoms with Gasteiger partial charge in [0.05, 0.1) is 6.04 Å². The molecule has 0 saturated carbocycles. The summed E-state index contributed by atoms with van der Waals surface area (Å²) < 4.78 is 5.65. The fraction of sp³-hybridized carbons (Fsp3) is 0.250. The number of amides is 1. The first-order valence-electron chi connectivity index (χ1n) is 6.93. The van der Waals surface area contributed by atoms with Crippen LogP contribution in [-0.2, 0) is 4.79 Å². The quantitative estimate of drug-likeness (QED) is 0.855. The van der Waals surface area contributed by atoms with Crippen molar-refractivity contribution in [3.8, 4) is 11.5 Å². The van der Waals surface area contributed by atoms with E-state index in [0.29, 0.717) is 23.6 Å². The number of nitrogens with one attached hydrogen (secondary N) is 1. The van der Waals surface area contributed by atoms with Crippen LogP contribution in [0.5, 0.6) is 11.5 Å². The first-order valence-corrected chi connectivity index (χ1v) is 6.93. The molecule has 0 aliphatic rings. The Kier molecular flexibility index (Phi) is 5.29. The van der Waals surface area contributed by atoms with Gasteiger partial charge in [-0.3, -0.25) is 9.78 Å². The van der Waals surface area contributed by atoms with Gasteiger partial charge < -0.3 is 15.8 Å². The lowest BCUT2D eigenvalue weighted by atomic mass is 10.1. The molecule has 5 heteroatoms. The number of hydrogen-bond acceptors (Lipinski definition) is 4. The molecule has 1 aromatic carbocycles. The van der Waals surface area contributed by atoms with Crippen LogP contribution >= 0.6 is 0 Å². The summed E-state index contributed by atoms with van der Waals surface area (Å²) in [6, 6.07) is 10.2. The molecule has 0 fully saturated rings. The molecule has 1 aromatic heterocycles. The number of rotatable bonds is 6. The fourth-order valence-electron chi connectivity index (χ4n) is 1.83. The van der Waals surface area contributed by atoms with Crippen LogP contribution < -0.4 is 15.8 Å². The molecule has 0 bridgehead atoms. The topological polar surface area (TPSA) is 77.2 Å². The second-order valence-electron chi connectivity index (χ2n) is 4.69. The number of carbonyl (C=O) groups is 1. The minimum absolute atomic E-state index is 0.167. The molecule has 110 valence electrons. The number of pyridine rings is 1. The van der Waals surface area contributed by atoms with E-state index in [1.165, 1.54) is 0 Å². The molecule has 2 aromatic rings.